The molecule has 0 bridgehead atoms. The van der Waals surface area contributed by atoms with Gasteiger partial charge in [0.1, 0.15) is 16.7 Å². The van der Waals surface area contributed by atoms with Gasteiger partial charge in [-0.05, 0) is 37.3 Å². The van der Waals surface area contributed by atoms with Gasteiger partial charge in [-0.25, -0.2) is 8.42 Å². The van der Waals surface area contributed by atoms with Crippen molar-refractivity contribution >= 4 is 15.9 Å². The maximum atomic E-state index is 13.6. The van der Waals surface area contributed by atoms with Gasteiger partial charge in [-0.2, -0.15) is 4.31 Å². The lowest BCUT2D eigenvalue weighted by molar-refractivity contribution is 0.0563. The molecule has 0 saturated carbocycles. The van der Waals surface area contributed by atoms with Crippen molar-refractivity contribution in [1.29, 1.82) is 0 Å². The Labute approximate surface area is 208 Å². The van der Waals surface area contributed by atoms with Gasteiger partial charge >= 0.3 is 0 Å². The molecule has 0 saturated heterocycles. The van der Waals surface area contributed by atoms with Crippen molar-refractivity contribution in [1.82, 2.24) is 9.21 Å². The number of nitrogens with zero attached hydrogens (tertiary/aromatic N) is 2. The zero-order valence-electron chi connectivity index (χ0n) is 20.9. The first kappa shape index (κ1) is 26.7. The summed E-state index contributed by atoms with van der Waals surface area (Å²) in [4.78, 5) is 14.6. The van der Waals surface area contributed by atoms with Crippen LogP contribution in [-0.4, -0.2) is 67.5 Å². The van der Waals surface area contributed by atoms with Gasteiger partial charge in [0.25, 0.3) is 5.91 Å². The molecule has 8 heteroatoms. The van der Waals surface area contributed by atoms with Crippen LogP contribution < -0.4 is 4.74 Å². The Morgan fingerprint density at radius 2 is 1.89 bits per heavy atom. The molecule has 2 aromatic rings. The summed E-state index contributed by atoms with van der Waals surface area (Å²) in [6.45, 7) is 7.63. The Balaban J connectivity index is 2.02. The number of fused-ring (bicyclic) bond motifs is 1. The van der Waals surface area contributed by atoms with E-state index in [9.17, 15) is 18.3 Å². The third-order valence-electron chi connectivity index (χ3n) is 5.99. The third kappa shape index (κ3) is 6.23. The van der Waals surface area contributed by atoms with Crippen molar-refractivity contribution in [2.75, 3.05) is 26.7 Å². The summed E-state index contributed by atoms with van der Waals surface area (Å²) in [7, 11) is -2.22. The smallest absolute Gasteiger partial charge is 0.253 e. The molecule has 0 unspecified atom stereocenters. The number of benzene rings is 2. The van der Waals surface area contributed by atoms with E-state index in [1.54, 1.807) is 43.1 Å². The monoisotopic (exact) mass is 498 g/mol. The Morgan fingerprint density at radius 1 is 1.20 bits per heavy atom. The van der Waals surface area contributed by atoms with Crippen LogP contribution in [0.2, 0.25) is 0 Å². The van der Waals surface area contributed by atoms with Crippen LogP contribution in [0.3, 0.4) is 0 Å². The number of aliphatic hydroxyl groups excluding tert-OH is 1. The largest absolute Gasteiger partial charge is 0.487 e. The molecule has 1 amide bonds. The highest BCUT2D eigenvalue weighted by Gasteiger charge is 2.38. The van der Waals surface area contributed by atoms with Crippen LogP contribution in [0, 0.1) is 23.7 Å². The van der Waals surface area contributed by atoms with E-state index in [1.807, 2.05) is 39.0 Å². The van der Waals surface area contributed by atoms with E-state index in [4.69, 9.17) is 4.74 Å². The standard InChI is InChI=1S/C27H34N2O5S/c1-19(2)11-12-22-13-14-26-24(15-22)34-25(17-28(5)27(31)23-9-7-6-8-10-23)20(3)16-29(21(4)18-30)35(26,32)33/h6-10,13-15,19-21,25,30H,16-18H2,1-5H3/t20-,21+,25-/m0/s1. The van der Waals surface area contributed by atoms with Crippen LogP contribution >= 0.6 is 0 Å². The lowest BCUT2D eigenvalue weighted by atomic mass is 10.0. The van der Waals surface area contributed by atoms with Crippen LogP contribution in [0.4, 0.5) is 0 Å². The predicted octanol–water partition coefficient (Wildman–Crippen LogP) is 3.23. The van der Waals surface area contributed by atoms with Gasteiger partial charge in [0.05, 0.1) is 13.2 Å². The topological polar surface area (TPSA) is 87.2 Å². The molecule has 1 N–H and O–H groups in total. The fraction of sp³-hybridized carbons (Fsp3) is 0.444. The van der Waals surface area contributed by atoms with E-state index in [-0.39, 0.29) is 48.1 Å². The maximum Gasteiger partial charge on any atom is 0.253 e. The number of likely N-dealkylation sites (N-methyl/N-ethyl adjacent to an activating group) is 1. The van der Waals surface area contributed by atoms with Crippen LogP contribution in [0.15, 0.2) is 53.4 Å². The first-order valence-electron chi connectivity index (χ1n) is 11.8. The molecule has 3 atom stereocenters. The van der Waals surface area contributed by atoms with Crippen LogP contribution in [0.25, 0.3) is 0 Å². The molecule has 7 nitrogen and oxygen atoms in total. The number of hydrogen-bond acceptors (Lipinski definition) is 5. The van der Waals surface area contributed by atoms with Crippen LogP contribution in [0.1, 0.15) is 43.6 Å². The Morgan fingerprint density at radius 3 is 2.51 bits per heavy atom. The highest BCUT2D eigenvalue weighted by Crippen LogP contribution is 2.34. The molecule has 0 fully saturated rings. The van der Waals surface area contributed by atoms with Gasteiger partial charge < -0.3 is 14.7 Å². The Kier molecular flexibility index (Phi) is 8.60. The second-order valence-corrected chi connectivity index (χ2v) is 11.2. The van der Waals surface area contributed by atoms with Gasteiger partial charge in [-0.3, -0.25) is 4.79 Å². The molecule has 1 aliphatic rings. The first-order chi connectivity index (χ1) is 16.5. The minimum absolute atomic E-state index is 0.0295. The number of amides is 1. The molecule has 188 valence electrons. The summed E-state index contributed by atoms with van der Waals surface area (Å²) in [5, 5.41) is 9.78. The van der Waals surface area contributed by atoms with Gasteiger partial charge in [0.15, 0.2) is 0 Å². The minimum Gasteiger partial charge on any atom is -0.487 e. The first-order valence-corrected chi connectivity index (χ1v) is 13.2. The lowest BCUT2D eigenvalue weighted by Crippen LogP contribution is -2.50. The van der Waals surface area contributed by atoms with Gasteiger partial charge in [-0.1, -0.05) is 50.8 Å². The van der Waals surface area contributed by atoms with Gasteiger partial charge in [0.2, 0.25) is 10.0 Å². The van der Waals surface area contributed by atoms with E-state index in [0.29, 0.717) is 11.1 Å². The Bertz CT molecular complexity index is 1200. The molecule has 3 rings (SSSR count). The van der Waals surface area contributed by atoms with E-state index in [1.165, 1.54) is 10.4 Å². The average Bonchev–Trinajstić information content (AvgIpc) is 2.84. The quantitative estimate of drug-likeness (QED) is 0.640. The summed E-state index contributed by atoms with van der Waals surface area (Å²) in [5.74, 6) is 6.11. The molecule has 35 heavy (non-hydrogen) atoms. The van der Waals surface area contributed by atoms with E-state index in [2.05, 4.69) is 11.8 Å². The molecule has 1 aliphatic heterocycles. The van der Waals surface area contributed by atoms with Crippen LogP contribution in [0.5, 0.6) is 5.75 Å². The fourth-order valence-electron chi connectivity index (χ4n) is 3.90. The molecule has 0 spiro atoms. The molecule has 0 aliphatic carbocycles. The van der Waals surface area contributed by atoms with E-state index >= 15 is 0 Å². The second kappa shape index (κ2) is 11.3. The number of ether oxygens (including phenoxy) is 1. The minimum atomic E-state index is -3.93. The summed E-state index contributed by atoms with van der Waals surface area (Å²) in [6, 6.07) is 13.2. The molecular weight excluding hydrogens is 464 g/mol. The number of carbonyl (C=O) groups is 1. The molecule has 2 aromatic carbocycles. The van der Waals surface area contributed by atoms with Crippen LogP contribution in [-0.2, 0) is 10.0 Å². The zero-order chi connectivity index (χ0) is 25.8. The molecule has 0 radical (unpaired) electrons. The summed E-state index contributed by atoms with van der Waals surface area (Å²) >= 11 is 0. The maximum absolute atomic E-state index is 13.6. The van der Waals surface area contributed by atoms with E-state index < -0.39 is 22.2 Å². The number of aliphatic hydroxyl groups is 1. The number of sulfonamides is 1. The summed E-state index contributed by atoms with van der Waals surface area (Å²) < 4.78 is 34.8. The SMILES string of the molecule is CC(C)C#Cc1ccc2c(c1)O[C@@H](CN(C)C(=O)c1ccccc1)[C@@H](C)CN([C@H](C)CO)S2(=O)=O. The summed E-state index contributed by atoms with van der Waals surface area (Å²) in [5.41, 5.74) is 1.22. The Hall–Kier alpha value is -2.86. The highest BCUT2D eigenvalue weighted by molar-refractivity contribution is 7.89. The van der Waals surface area contributed by atoms with Crippen molar-refractivity contribution in [3.63, 3.8) is 0 Å². The molecule has 0 aromatic heterocycles. The second-order valence-electron chi connectivity index (χ2n) is 9.38. The lowest BCUT2D eigenvalue weighted by Gasteiger charge is -2.37. The zero-order valence-corrected chi connectivity index (χ0v) is 21.7. The highest BCUT2D eigenvalue weighted by atomic mass is 32.2. The molecular formula is C27H34N2O5S. The van der Waals surface area contributed by atoms with Crippen molar-refractivity contribution in [3.8, 4) is 17.6 Å². The van der Waals surface area contributed by atoms with Crippen molar-refractivity contribution in [2.24, 2.45) is 11.8 Å². The third-order valence-corrected chi connectivity index (χ3v) is 8.01. The number of carbonyl (C=O) groups excluding carboxylic acids is 1. The summed E-state index contributed by atoms with van der Waals surface area (Å²) in [6.07, 6.45) is -0.483. The molecule has 1 heterocycles. The normalized spacial score (nSPS) is 20.4. The van der Waals surface area contributed by atoms with Crippen molar-refractivity contribution in [3.05, 3.63) is 59.7 Å². The van der Waals surface area contributed by atoms with Gasteiger partial charge in [0, 0.05) is 42.6 Å². The van der Waals surface area contributed by atoms with Crippen molar-refractivity contribution in [2.45, 2.75) is 44.7 Å². The fourth-order valence-corrected chi connectivity index (χ4v) is 5.73. The number of hydrogen-bond donors (Lipinski definition) is 1. The van der Waals surface area contributed by atoms with E-state index in [0.717, 1.165) is 0 Å². The predicted molar refractivity (Wildman–Crippen MR) is 136 cm³/mol. The van der Waals surface area contributed by atoms with Gasteiger partial charge in [-0.15, -0.1) is 0 Å². The van der Waals surface area contributed by atoms with Crippen molar-refractivity contribution < 1.29 is 23.1 Å². The average molecular weight is 499 g/mol. The number of rotatable bonds is 5.